The third-order valence-electron chi connectivity index (χ3n) is 7.28. The van der Waals surface area contributed by atoms with Gasteiger partial charge in [0.2, 0.25) is 0 Å². The van der Waals surface area contributed by atoms with Crippen LogP contribution in [0, 0.1) is 0 Å². The maximum absolute atomic E-state index is 2.57. The van der Waals surface area contributed by atoms with Gasteiger partial charge in [-0.2, -0.15) is 0 Å². The Hall–Kier alpha value is -2.28. The molecule has 150 valence electrons. The van der Waals surface area contributed by atoms with E-state index in [9.17, 15) is 0 Å². The molecule has 0 atom stereocenters. The Kier molecular flexibility index (Phi) is 3.65. The second kappa shape index (κ2) is 5.65. The highest BCUT2D eigenvalue weighted by Crippen LogP contribution is 2.49. The molecule has 1 heteroatoms. The Morgan fingerprint density at radius 3 is 1.76 bits per heavy atom. The largest absolute Gasteiger partial charge is 0.335 e. The highest BCUT2D eigenvalue weighted by Gasteiger charge is 2.38. The average Bonchev–Trinajstić information content (AvgIpc) is 2.95. The third kappa shape index (κ3) is 2.66. The zero-order valence-corrected chi connectivity index (χ0v) is 19.0. The van der Waals surface area contributed by atoms with Crippen molar-refractivity contribution in [2.45, 2.75) is 77.7 Å². The number of nitrogens with zero attached hydrogens (tertiary/aromatic N) is 1. The monoisotopic (exact) mass is 383 g/mol. The molecule has 0 unspecified atom stereocenters. The van der Waals surface area contributed by atoms with Gasteiger partial charge in [0, 0.05) is 21.8 Å². The van der Waals surface area contributed by atoms with Crippen LogP contribution in [0.1, 0.15) is 72.4 Å². The molecule has 0 saturated heterocycles. The van der Waals surface area contributed by atoms with Crippen molar-refractivity contribution in [2.75, 3.05) is 0 Å². The summed E-state index contributed by atoms with van der Waals surface area (Å²) in [6.45, 7) is 16.7. The maximum atomic E-state index is 2.57. The van der Waals surface area contributed by atoms with Crippen LogP contribution in [-0.2, 0) is 16.4 Å². The predicted octanol–water partition coefficient (Wildman–Crippen LogP) is 8.05. The first-order valence-electron chi connectivity index (χ1n) is 11.0. The first-order valence-corrected chi connectivity index (χ1v) is 11.0. The van der Waals surface area contributed by atoms with Crippen LogP contribution in [-0.4, -0.2) is 4.57 Å². The summed E-state index contributed by atoms with van der Waals surface area (Å²) in [6, 6.07) is 18.6. The van der Waals surface area contributed by atoms with Crippen LogP contribution < -0.4 is 0 Å². The minimum absolute atomic E-state index is 0.0189. The van der Waals surface area contributed by atoms with Crippen LogP contribution in [0.25, 0.3) is 32.6 Å². The SMILES string of the molecule is CC1(C)CCC(C)(C)c2cc3c(cc21)c1cc2ccccc2cc1n3C(C)(C)C. The molecule has 4 aromatic rings. The van der Waals surface area contributed by atoms with Crippen molar-refractivity contribution < 1.29 is 0 Å². The molecular weight excluding hydrogens is 350 g/mol. The smallest absolute Gasteiger partial charge is 0.0502 e. The Morgan fingerprint density at radius 1 is 0.690 bits per heavy atom. The van der Waals surface area contributed by atoms with Crippen molar-refractivity contribution in [2.24, 2.45) is 0 Å². The zero-order chi connectivity index (χ0) is 20.8. The molecule has 0 spiro atoms. The van der Waals surface area contributed by atoms with E-state index >= 15 is 0 Å². The first kappa shape index (κ1) is 18.7. The predicted molar refractivity (Wildman–Crippen MR) is 127 cm³/mol. The van der Waals surface area contributed by atoms with Crippen LogP contribution in [0.5, 0.6) is 0 Å². The molecule has 0 radical (unpaired) electrons. The van der Waals surface area contributed by atoms with Gasteiger partial charge in [-0.1, -0.05) is 52.0 Å². The average molecular weight is 384 g/mol. The van der Waals surface area contributed by atoms with E-state index in [1.165, 1.54) is 45.4 Å². The van der Waals surface area contributed by atoms with Crippen molar-refractivity contribution in [1.29, 1.82) is 0 Å². The molecule has 1 heterocycles. The van der Waals surface area contributed by atoms with Crippen molar-refractivity contribution in [1.82, 2.24) is 4.57 Å². The molecule has 0 fully saturated rings. The van der Waals surface area contributed by atoms with E-state index < -0.39 is 0 Å². The second-order valence-corrected chi connectivity index (χ2v) is 11.4. The quantitative estimate of drug-likeness (QED) is 0.289. The molecular formula is C28H33N. The van der Waals surface area contributed by atoms with Gasteiger partial charge in [0.1, 0.15) is 0 Å². The molecule has 0 amide bonds. The molecule has 0 N–H and O–H groups in total. The number of fused-ring (bicyclic) bond motifs is 5. The van der Waals surface area contributed by atoms with Crippen LogP contribution in [0.2, 0.25) is 0 Å². The van der Waals surface area contributed by atoms with Gasteiger partial charge in [-0.05, 0) is 90.6 Å². The lowest BCUT2D eigenvalue weighted by atomic mass is 9.63. The standard InChI is InChI=1S/C28H33N/c1-26(2,3)29-24-15-19-11-9-8-10-18(19)14-20(24)21-16-22-23(17-25(21)29)28(6,7)13-12-27(22,4)5/h8-11,14-17H,12-13H2,1-7H3. The second-order valence-electron chi connectivity index (χ2n) is 11.4. The van der Waals surface area contributed by atoms with Gasteiger partial charge in [0.15, 0.2) is 0 Å². The van der Waals surface area contributed by atoms with E-state index in [1.807, 2.05) is 0 Å². The van der Waals surface area contributed by atoms with Crippen molar-refractivity contribution in [3.05, 3.63) is 59.7 Å². The van der Waals surface area contributed by atoms with Gasteiger partial charge in [-0.25, -0.2) is 0 Å². The molecule has 1 aliphatic carbocycles. The maximum Gasteiger partial charge on any atom is 0.0502 e. The molecule has 5 rings (SSSR count). The summed E-state index contributed by atoms with van der Waals surface area (Å²) in [6.07, 6.45) is 2.50. The summed E-state index contributed by atoms with van der Waals surface area (Å²) in [4.78, 5) is 0. The van der Waals surface area contributed by atoms with Crippen LogP contribution in [0.3, 0.4) is 0 Å². The van der Waals surface area contributed by atoms with Crippen LogP contribution in [0.15, 0.2) is 48.5 Å². The molecule has 3 aromatic carbocycles. The minimum Gasteiger partial charge on any atom is -0.335 e. The Bertz CT molecular complexity index is 1270. The topological polar surface area (TPSA) is 4.93 Å². The number of aromatic nitrogens is 1. The first-order chi connectivity index (χ1) is 13.5. The Labute approximate surface area is 174 Å². The lowest BCUT2D eigenvalue weighted by Gasteiger charge is -2.42. The van der Waals surface area contributed by atoms with Crippen LogP contribution in [0.4, 0.5) is 0 Å². The fraction of sp³-hybridized carbons (Fsp3) is 0.429. The lowest BCUT2D eigenvalue weighted by molar-refractivity contribution is 0.332. The normalized spacial score (nSPS) is 18.4. The third-order valence-corrected chi connectivity index (χ3v) is 7.28. The van der Waals surface area contributed by atoms with E-state index in [1.54, 1.807) is 11.1 Å². The fourth-order valence-corrected chi connectivity index (χ4v) is 5.48. The highest BCUT2D eigenvalue weighted by atomic mass is 15.0. The van der Waals surface area contributed by atoms with E-state index in [0.29, 0.717) is 0 Å². The molecule has 1 nitrogen and oxygen atoms in total. The lowest BCUT2D eigenvalue weighted by Crippen LogP contribution is -2.34. The van der Waals surface area contributed by atoms with E-state index in [0.717, 1.165) is 0 Å². The Balaban J connectivity index is 2.00. The molecule has 0 aliphatic heterocycles. The fourth-order valence-electron chi connectivity index (χ4n) is 5.48. The number of hydrogen-bond acceptors (Lipinski definition) is 0. The van der Waals surface area contributed by atoms with E-state index in [-0.39, 0.29) is 16.4 Å². The number of benzene rings is 3. The van der Waals surface area contributed by atoms with Crippen molar-refractivity contribution >= 4 is 32.6 Å². The van der Waals surface area contributed by atoms with E-state index in [2.05, 4.69) is 102 Å². The van der Waals surface area contributed by atoms with Gasteiger partial charge in [0.25, 0.3) is 0 Å². The number of hydrogen-bond donors (Lipinski definition) is 0. The molecule has 1 aromatic heterocycles. The van der Waals surface area contributed by atoms with Gasteiger partial charge < -0.3 is 4.57 Å². The van der Waals surface area contributed by atoms with Gasteiger partial charge >= 0.3 is 0 Å². The van der Waals surface area contributed by atoms with Crippen molar-refractivity contribution in [3.63, 3.8) is 0 Å². The summed E-state index contributed by atoms with van der Waals surface area (Å²) in [5.74, 6) is 0. The highest BCUT2D eigenvalue weighted by molar-refractivity contribution is 6.13. The number of rotatable bonds is 0. The van der Waals surface area contributed by atoms with Gasteiger partial charge in [-0.3, -0.25) is 0 Å². The Morgan fingerprint density at radius 2 is 1.17 bits per heavy atom. The van der Waals surface area contributed by atoms with Crippen LogP contribution >= 0.6 is 0 Å². The zero-order valence-electron chi connectivity index (χ0n) is 19.0. The summed E-state index contributed by atoms with van der Waals surface area (Å²) in [5, 5.41) is 5.44. The summed E-state index contributed by atoms with van der Waals surface area (Å²) < 4.78 is 2.57. The summed E-state index contributed by atoms with van der Waals surface area (Å²) in [5.41, 5.74) is 6.29. The van der Waals surface area contributed by atoms with Crippen molar-refractivity contribution in [3.8, 4) is 0 Å². The van der Waals surface area contributed by atoms with Gasteiger partial charge in [-0.15, -0.1) is 0 Å². The molecule has 29 heavy (non-hydrogen) atoms. The molecule has 0 bridgehead atoms. The minimum atomic E-state index is 0.0189. The summed E-state index contributed by atoms with van der Waals surface area (Å²) >= 11 is 0. The van der Waals surface area contributed by atoms with E-state index in [4.69, 9.17) is 0 Å². The van der Waals surface area contributed by atoms with Gasteiger partial charge in [0.05, 0.1) is 5.52 Å². The molecule has 0 saturated carbocycles. The summed E-state index contributed by atoms with van der Waals surface area (Å²) in [7, 11) is 0. The molecule has 1 aliphatic rings.